The van der Waals surface area contributed by atoms with Crippen LogP contribution in [-0.4, -0.2) is 33.4 Å². The van der Waals surface area contributed by atoms with E-state index >= 15 is 0 Å². The third-order valence-electron chi connectivity index (χ3n) is 2.55. The average Bonchev–Trinajstić information content (AvgIpc) is 2.46. The quantitative estimate of drug-likeness (QED) is 0.786. The topological polar surface area (TPSA) is 55.4 Å². The van der Waals surface area contributed by atoms with Gasteiger partial charge >= 0.3 is 0 Å². The summed E-state index contributed by atoms with van der Waals surface area (Å²) >= 11 is 0. The summed E-state index contributed by atoms with van der Waals surface area (Å²) in [7, 11) is -3.23. The number of hydrogen-bond acceptors (Lipinski definition) is 4. The molecule has 1 aromatic carbocycles. The Hall–Kier alpha value is -1.07. The Morgan fingerprint density at radius 1 is 1.30 bits per heavy atom. The first-order chi connectivity index (χ1) is 9.48. The summed E-state index contributed by atoms with van der Waals surface area (Å²) in [5.41, 5.74) is 0. The van der Waals surface area contributed by atoms with Crippen LogP contribution >= 0.6 is 0 Å². The van der Waals surface area contributed by atoms with Crippen molar-refractivity contribution in [2.24, 2.45) is 0 Å². The summed E-state index contributed by atoms with van der Waals surface area (Å²) in [6, 6.07) is 6.66. The first-order valence-electron chi connectivity index (χ1n) is 7.16. The van der Waals surface area contributed by atoms with Crippen molar-refractivity contribution >= 4 is 9.84 Å². The van der Waals surface area contributed by atoms with Crippen molar-refractivity contribution in [2.45, 2.75) is 44.8 Å². The molecule has 0 heterocycles. The maximum atomic E-state index is 12.0. The van der Waals surface area contributed by atoms with E-state index < -0.39 is 15.1 Å². The molecular weight excluding hydrogens is 274 g/mol. The van der Waals surface area contributed by atoms with E-state index in [4.69, 9.17) is 4.74 Å². The number of nitrogens with one attached hydrogen (secondary N) is 1. The molecule has 0 saturated carbocycles. The fraction of sp³-hybridized carbons (Fsp3) is 0.600. The molecule has 0 aromatic heterocycles. The molecule has 0 saturated heterocycles. The Kier molecular flexibility index (Phi) is 9.25. The van der Waals surface area contributed by atoms with Crippen LogP contribution in [0.5, 0.6) is 5.75 Å². The number of rotatable bonds is 7. The molecule has 5 heteroatoms. The summed E-state index contributed by atoms with van der Waals surface area (Å²) in [6.07, 6.45) is 0. The van der Waals surface area contributed by atoms with Crippen LogP contribution in [0.2, 0.25) is 0 Å². The van der Waals surface area contributed by atoms with Gasteiger partial charge in [0.1, 0.15) is 12.4 Å². The third-order valence-corrected chi connectivity index (χ3v) is 4.70. The van der Waals surface area contributed by atoms with Gasteiger partial charge in [0.15, 0.2) is 9.84 Å². The van der Waals surface area contributed by atoms with Gasteiger partial charge in [-0.2, -0.15) is 0 Å². The summed E-state index contributed by atoms with van der Waals surface area (Å²) in [5, 5.41) is 2.72. The van der Waals surface area contributed by atoms with Gasteiger partial charge in [-0.3, -0.25) is 0 Å². The Labute approximate surface area is 124 Å². The summed E-state index contributed by atoms with van der Waals surface area (Å²) < 4.78 is 29.5. The number of likely N-dealkylation sites (N-methyl/N-ethyl adjacent to an activating group) is 1. The zero-order valence-electron chi connectivity index (χ0n) is 13.1. The van der Waals surface area contributed by atoms with Crippen LogP contribution in [0.1, 0.15) is 36.0 Å². The predicted molar refractivity (Wildman–Crippen MR) is 86.3 cm³/mol. The highest BCUT2D eigenvalue weighted by Gasteiger charge is 2.19. The summed E-state index contributed by atoms with van der Waals surface area (Å²) in [4.78, 5) is 0.318. The van der Waals surface area contributed by atoms with E-state index in [0.29, 0.717) is 17.3 Å². The molecule has 0 bridgehead atoms. The van der Waals surface area contributed by atoms with Crippen LogP contribution in [-0.2, 0) is 9.84 Å². The Morgan fingerprint density at radius 2 is 1.95 bits per heavy atom. The fourth-order valence-electron chi connectivity index (χ4n) is 1.43. The molecule has 20 heavy (non-hydrogen) atoms. The SMILES string of the molecule is CC.CCNCCOc1cccc(S(=O)(=O)C(C)C)c1.[HH]. The van der Waals surface area contributed by atoms with Gasteiger partial charge in [0.05, 0.1) is 10.1 Å². The van der Waals surface area contributed by atoms with Crippen LogP contribution in [0.15, 0.2) is 29.2 Å². The molecule has 0 fully saturated rings. The second-order valence-corrected chi connectivity index (χ2v) is 6.77. The highest BCUT2D eigenvalue weighted by Crippen LogP contribution is 2.21. The number of sulfone groups is 1. The van der Waals surface area contributed by atoms with Crippen molar-refractivity contribution in [3.8, 4) is 5.75 Å². The second kappa shape index (κ2) is 9.77. The molecule has 0 unspecified atom stereocenters. The van der Waals surface area contributed by atoms with Gasteiger partial charge in [0.2, 0.25) is 0 Å². The maximum absolute atomic E-state index is 12.0. The summed E-state index contributed by atoms with van der Waals surface area (Å²) in [5.74, 6) is 0.592. The highest BCUT2D eigenvalue weighted by molar-refractivity contribution is 7.92. The normalized spacial score (nSPS) is 10.9. The third kappa shape index (κ3) is 5.92. The average molecular weight is 303 g/mol. The smallest absolute Gasteiger partial charge is 0.180 e. The van der Waals surface area contributed by atoms with E-state index in [9.17, 15) is 8.42 Å². The lowest BCUT2D eigenvalue weighted by atomic mass is 10.3. The minimum Gasteiger partial charge on any atom is -0.492 e. The van der Waals surface area contributed by atoms with Gasteiger partial charge in [0, 0.05) is 7.97 Å². The Morgan fingerprint density at radius 3 is 2.50 bits per heavy atom. The first-order valence-corrected chi connectivity index (χ1v) is 8.70. The van der Waals surface area contributed by atoms with Gasteiger partial charge in [-0.1, -0.05) is 26.8 Å². The number of hydrogen-bond donors (Lipinski definition) is 1. The zero-order valence-corrected chi connectivity index (χ0v) is 14.0. The van der Waals surface area contributed by atoms with Crippen molar-refractivity contribution < 1.29 is 14.6 Å². The lowest BCUT2D eigenvalue weighted by Gasteiger charge is -2.10. The van der Waals surface area contributed by atoms with Crippen LogP contribution in [0, 0.1) is 0 Å². The molecule has 4 nitrogen and oxygen atoms in total. The standard InChI is InChI=1S/C13H21NO3S.C2H6.H2/c1-4-14-8-9-17-12-6-5-7-13(10-12)18(15,16)11(2)3;1-2;/h5-7,10-11,14H,4,8-9H2,1-3H3;1-2H3;1H. The van der Waals surface area contributed by atoms with E-state index in [0.717, 1.165) is 13.1 Å². The molecule has 1 rings (SSSR count). The van der Waals surface area contributed by atoms with Gasteiger partial charge in [-0.15, -0.1) is 0 Å². The minimum absolute atomic E-state index is 0. The Bertz CT molecular complexity index is 476. The minimum atomic E-state index is -3.23. The molecule has 0 aliphatic rings. The molecule has 118 valence electrons. The lowest BCUT2D eigenvalue weighted by molar-refractivity contribution is 0.314. The van der Waals surface area contributed by atoms with E-state index in [1.54, 1.807) is 38.1 Å². The van der Waals surface area contributed by atoms with Crippen molar-refractivity contribution in [3.63, 3.8) is 0 Å². The number of benzene rings is 1. The summed E-state index contributed by atoms with van der Waals surface area (Å²) in [6.45, 7) is 11.5. The van der Waals surface area contributed by atoms with Gasteiger partial charge in [0.25, 0.3) is 0 Å². The van der Waals surface area contributed by atoms with Crippen LogP contribution in [0.3, 0.4) is 0 Å². The van der Waals surface area contributed by atoms with Crippen LogP contribution in [0.4, 0.5) is 0 Å². The van der Waals surface area contributed by atoms with E-state index in [2.05, 4.69) is 5.32 Å². The predicted octanol–water partition coefficient (Wildman–Crippen LogP) is 3.13. The molecule has 0 spiro atoms. The zero-order chi connectivity index (χ0) is 15.6. The van der Waals surface area contributed by atoms with E-state index in [1.807, 2.05) is 20.8 Å². The highest BCUT2D eigenvalue weighted by atomic mass is 32.2. The Balaban J connectivity index is 0. The number of ether oxygens (including phenoxy) is 1. The molecular formula is C15H29NO3S. The van der Waals surface area contributed by atoms with Gasteiger partial charge < -0.3 is 10.1 Å². The molecule has 0 aliphatic carbocycles. The largest absolute Gasteiger partial charge is 0.492 e. The van der Waals surface area contributed by atoms with E-state index in [-0.39, 0.29) is 1.43 Å². The molecule has 1 aromatic rings. The monoisotopic (exact) mass is 303 g/mol. The van der Waals surface area contributed by atoms with Gasteiger partial charge in [-0.05, 0) is 38.6 Å². The van der Waals surface area contributed by atoms with Gasteiger partial charge in [-0.25, -0.2) is 8.42 Å². The molecule has 1 N–H and O–H groups in total. The van der Waals surface area contributed by atoms with Crippen molar-refractivity contribution in [3.05, 3.63) is 24.3 Å². The maximum Gasteiger partial charge on any atom is 0.180 e. The van der Waals surface area contributed by atoms with Crippen LogP contribution in [0.25, 0.3) is 0 Å². The van der Waals surface area contributed by atoms with E-state index in [1.165, 1.54) is 0 Å². The van der Waals surface area contributed by atoms with Crippen LogP contribution < -0.4 is 10.1 Å². The van der Waals surface area contributed by atoms with Crippen molar-refractivity contribution in [1.82, 2.24) is 5.32 Å². The molecule has 0 amide bonds. The van der Waals surface area contributed by atoms with Crippen molar-refractivity contribution in [1.29, 1.82) is 0 Å². The molecule has 0 aliphatic heterocycles. The molecule has 0 atom stereocenters. The fourth-order valence-corrected chi connectivity index (χ4v) is 2.52. The first kappa shape index (κ1) is 18.9. The second-order valence-electron chi connectivity index (χ2n) is 4.27. The lowest BCUT2D eigenvalue weighted by Crippen LogP contribution is -2.20. The van der Waals surface area contributed by atoms with Crippen molar-refractivity contribution in [2.75, 3.05) is 19.7 Å². The molecule has 0 radical (unpaired) electrons.